The van der Waals surface area contributed by atoms with Crippen LogP contribution in [0.1, 0.15) is 0 Å². The number of hydrogen-bond donors (Lipinski definition) is 2. The molecule has 0 rings (SSSR count). The maximum Gasteiger partial charge on any atom is 0.503 e. The third-order valence-corrected chi connectivity index (χ3v) is 0. The first kappa shape index (κ1) is 15.9. The fourth-order valence-corrected chi connectivity index (χ4v) is 0. The van der Waals surface area contributed by atoms with Crippen molar-refractivity contribution in [2.75, 3.05) is 0 Å². The van der Waals surface area contributed by atoms with E-state index in [0.717, 1.165) is 0 Å². The smallest absolute Gasteiger partial charge is 0.450 e. The van der Waals surface area contributed by atoms with Crippen LogP contribution >= 0.6 is 0 Å². The van der Waals surface area contributed by atoms with E-state index >= 15 is 0 Å². The molecule has 0 aliphatic rings. The molecule has 0 aliphatic heterocycles. The summed E-state index contributed by atoms with van der Waals surface area (Å²) in [5, 5.41) is 13.9. The van der Waals surface area contributed by atoms with Crippen LogP contribution in [0.15, 0.2) is 0 Å². The van der Waals surface area contributed by atoms with Gasteiger partial charge in [0.2, 0.25) is 0 Å². The summed E-state index contributed by atoms with van der Waals surface area (Å²) < 4.78 is 28.8. The van der Waals surface area contributed by atoms with Gasteiger partial charge in [0.1, 0.15) is 0 Å². The van der Waals surface area contributed by atoms with Gasteiger partial charge in [-0.15, -0.1) is 0 Å². The zero-order valence-corrected chi connectivity index (χ0v) is 7.11. The molecule has 0 unspecified atom stereocenters. The summed E-state index contributed by atoms with van der Waals surface area (Å²) in [4.78, 5) is 8.56. The van der Waals surface area contributed by atoms with E-state index in [2.05, 4.69) is 0 Å². The van der Waals surface area contributed by atoms with E-state index in [0.29, 0.717) is 0 Å². The molecule has 52 valence electrons. The molecule has 0 saturated carbocycles. The van der Waals surface area contributed by atoms with E-state index in [1.165, 1.54) is 0 Å². The van der Waals surface area contributed by atoms with Crippen molar-refractivity contribution in [3.8, 4) is 0 Å². The predicted octanol–water partition coefficient (Wildman–Crippen LogP) is 1.56. The fraction of sp³-hybridized carbons (Fsp3) is 0. The van der Waals surface area contributed by atoms with Crippen LogP contribution in [0.25, 0.3) is 0 Å². The van der Waals surface area contributed by atoms with Gasteiger partial charge < -0.3 is 23.4 Å². The molecule has 3 nitrogen and oxygen atoms in total. The van der Waals surface area contributed by atoms with Gasteiger partial charge in [-0.1, -0.05) is 0 Å². The van der Waals surface area contributed by atoms with Crippen molar-refractivity contribution in [2.45, 2.75) is 0 Å². The number of rotatable bonds is 0. The molecule has 0 amide bonds. The third kappa shape index (κ3) is 2480. The molecule has 0 radical (unpaired) electrons. The van der Waals surface area contributed by atoms with Gasteiger partial charge >= 0.3 is 6.16 Å². The van der Waals surface area contributed by atoms with Crippen LogP contribution in [0.3, 0.4) is 0 Å². The quantitative estimate of drug-likeness (QED) is 0.457. The van der Waals surface area contributed by atoms with Crippen LogP contribution in [-0.4, -0.2) is 16.4 Å². The first-order valence-electron chi connectivity index (χ1n) is 1.22. The maximum absolute atomic E-state index is 9.58. The van der Waals surface area contributed by atoms with Gasteiger partial charge in [-0.2, -0.15) is 0 Å². The molecular formula is C2H2F3O3Zn-. The standard InChI is InChI=1S/CF3.CH2O3.Zn/c2*2-1(3)4;/h;(H2,2,3,4);/q-1;;. The number of hydrogen-bond acceptors (Lipinski definition) is 1. The van der Waals surface area contributed by atoms with Crippen LogP contribution in [0.2, 0.25) is 0 Å². The first-order valence-corrected chi connectivity index (χ1v) is 1.22. The van der Waals surface area contributed by atoms with Gasteiger partial charge in [-0.05, 0) is 0 Å². The SMILES string of the molecule is F[C-](F)F.O=C(O)O.[Zn]. The molecular weight excluding hydrogens is 194 g/mol. The summed E-state index contributed by atoms with van der Waals surface area (Å²) in [7, 11) is 0. The van der Waals surface area contributed by atoms with Crippen LogP contribution < -0.4 is 0 Å². The van der Waals surface area contributed by atoms with Crippen LogP contribution in [0.5, 0.6) is 0 Å². The Morgan fingerprint density at radius 1 is 1.22 bits per heavy atom. The van der Waals surface area contributed by atoms with Crippen molar-refractivity contribution in [2.24, 2.45) is 0 Å². The number of carbonyl (C=O) groups is 1. The van der Waals surface area contributed by atoms with Crippen molar-refractivity contribution < 1.29 is 47.7 Å². The molecule has 0 fully saturated rings. The molecule has 7 heteroatoms. The Bertz CT molecular complexity index is 61.3. The molecule has 0 saturated heterocycles. The number of carboxylic acid groups (broad SMARTS) is 2. The molecule has 0 aromatic heterocycles. The van der Waals surface area contributed by atoms with E-state index in [4.69, 9.17) is 15.0 Å². The number of halogens is 3. The second-order valence-electron chi connectivity index (χ2n) is 0.497. The van der Waals surface area contributed by atoms with E-state index in [1.807, 2.05) is 0 Å². The zero-order valence-electron chi connectivity index (χ0n) is 4.14. The van der Waals surface area contributed by atoms with Crippen LogP contribution in [-0.2, 0) is 19.5 Å². The molecule has 0 bridgehead atoms. The minimum absolute atomic E-state index is 0. The van der Waals surface area contributed by atoms with Gasteiger partial charge in [0.25, 0.3) is 0 Å². The van der Waals surface area contributed by atoms with Crippen molar-refractivity contribution in [3.63, 3.8) is 0 Å². The van der Waals surface area contributed by atoms with Gasteiger partial charge in [0.15, 0.2) is 6.68 Å². The largest absolute Gasteiger partial charge is 0.503 e. The molecule has 9 heavy (non-hydrogen) atoms. The summed E-state index contributed by atoms with van der Waals surface area (Å²) in [5.74, 6) is 0. The van der Waals surface area contributed by atoms with Crippen LogP contribution in [0, 0.1) is 6.68 Å². The summed E-state index contributed by atoms with van der Waals surface area (Å²) in [6.07, 6.45) is -1.83. The van der Waals surface area contributed by atoms with E-state index in [9.17, 15) is 13.2 Å². The monoisotopic (exact) mass is 195 g/mol. The molecule has 0 aliphatic carbocycles. The second kappa shape index (κ2) is 10.6. The van der Waals surface area contributed by atoms with Gasteiger partial charge in [0, 0.05) is 19.5 Å². The Hall–Kier alpha value is -0.317. The average molecular weight is 196 g/mol. The second-order valence-corrected chi connectivity index (χ2v) is 0.497. The zero-order chi connectivity index (χ0) is 7.15. The van der Waals surface area contributed by atoms with Gasteiger partial charge in [0.05, 0.1) is 0 Å². The topological polar surface area (TPSA) is 57.5 Å². The summed E-state index contributed by atoms with van der Waals surface area (Å²) >= 11 is 0. The normalized spacial score (nSPS) is 6.67. The first-order chi connectivity index (χ1) is 3.46. The molecule has 0 heterocycles. The van der Waals surface area contributed by atoms with Gasteiger partial charge in [-0.25, -0.2) is 4.79 Å². The molecule has 0 aromatic carbocycles. The Morgan fingerprint density at radius 3 is 1.22 bits per heavy atom. The molecule has 2 N–H and O–H groups in total. The van der Waals surface area contributed by atoms with E-state index in [-0.39, 0.29) is 19.5 Å². The minimum atomic E-state index is -3.08. The van der Waals surface area contributed by atoms with E-state index in [1.54, 1.807) is 0 Å². The molecule has 0 spiro atoms. The van der Waals surface area contributed by atoms with Crippen molar-refractivity contribution in [1.29, 1.82) is 0 Å². The summed E-state index contributed by atoms with van der Waals surface area (Å²) in [5.41, 5.74) is 0. The Morgan fingerprint density at radius 2 is 1.22 bits per heavy atom. The summed E-state index contributed by atoms with van der Waals surface area (Å²) in [6.45, 7) is -3.08. The van der Waals surface area contributed by atoms with E-state index < -0.39 is 12.8 Å². The Kier molecular flexibility index (Phi) is 18.7. The third-order valence-electron chi connectivity index (χ3n) is 0. The average Bonchev–Trinajstić information content (AvgIpc) is 1.25. The molecule has 0 aromatic rings. The minimum Gasteiger partial charge on any atom is -0.450 e. The molecule has 0 atom stereocenters. The fourth-order valence-electron chi connectivity index (χ4n) is 0. The summed E-state index contributed by atoms with van der Waals surface area (Å²) in [6, 6.07) is 0. The van der Waals surface area contributed by atoms with Gasteiger partial charge in [-0.3, -0.25) is 0 Å². The Balaban J connectivity index is -0.0000000720. The Labute approximate surface area is 61.2 Å². The maximum atomic E-state index is 9.58. The van der Waals surface area contributed by atoms with Crippen molar-refractivity contribution in [3.05, 3.63) is 6.68 Å². The van der Waals surface area contributed by atoms with Crippen LogP contribution in [0.4, 0.5) is 18.0 Å². The predicted molar refractivity (Wildman–Crippen MR) is 17.2 cm³/mol. The van der Waals surface area contributed by atoms with Crippen molar-refractivity contribution >= 4 is 6.16 Å². The van der Waals surface area contributed by atoms with Crippen molar-refractivity contribution in [1.82, 2.24) is 0 Å².